The van der Waals surface area contributed by atoms with Gasteiger partial charge in [-0.25, -0.2) is 4.79 Å². The summed E-state index contributed by atoms with van der Waals surface area (Å²) in [5.74, 6) is -1.42. The average Bonchev–Trinajstić information content (AvgIpc) is 2.76. The minimum absolute atomic E-state index is 0.145. The van der Waals surface area contributed by atoms with Crippen LogP contribution in [0.25, 0.3) is 6.08 Å². The maximum Gasteiger partial charge on any atom is 0.326 e. The van der Waals surface area contributed by atoms with Crippen LogP contribution < -0.4 is 5.32 Å². The number of aliphatic carboxylic acids is 1. The molecule has 0 aromatic carbocycles. The van der Waals surface area contributed by atoms with Gasteiger partial charge in [0.15, 0.2) is 0 Å². The van der Waals surface area contributed by atoms with Crippen LogP contribution >= 0.6 is 0 Å². The van der Waals surface area contributed by atoms with E-state index < -0.39 is 12.0 Å². The molecule has 5 nitrogen and oxygen atoms in total. The Morgan fingerprint density at radius 3 is 2.65 bits per heavy atom. The SMILES string of the molecule is CC(C)[C@H](NC(=O)C1=Cc2ccn(C)c2CC1)C(=O)O. The van der Waals surface area contributed by atoms with Crippen LogP contribution in [0.3, 0.4) is 0 Å². The predicted molar refractivity (Wildman–Crippen MR) is 76.1 cm³/mol. The van der Waals surface area contributed by atoms with Gasteiger partial charge in [-0.15, -0.1) is 0 Å². The number of aromatic nitrogens is 1. The van der Waals surface area contributed by atoms with Gasteiger partial charge in [-0.3, -0.25) is 4.79 Å². The molecule has 0 bridgehead atoms. The molecule has 1 aromatic rings. The second-order valence-corrected chi connectivity index (χ2v) is 5.53. The van der Waals surface area contributed by atoms with Crippen LogP contribution in [0.2, 0.25) is 0 Å². The number of carbonyl (C=O) groups excluding carboxylic acids is 1. The first-order valence-corrected chi connectivity index (χ1v) is 6.78. The van der Waals surface area contributed by atoms with Crippen molar-refractivity contribution in [1.82, 2.24) is 9.88 Å². The lowest BCUT2D eigenvalue weighted by molar-refractivity contribution is -0.142. The Morgan fingerprint density at radius 1 is 1.35 bits per heavy atom. The number of fused-ring (bicyclic) bond motifs is 1. The van der Waals surface area contributed by atoms with Crippen LogP contribution in [0.4, 0.5) is 0 Å². The summed E-state index contributed by atoms with van der Waals surface area (Å²) < 4.78 is 2.05. The highest BCUT2D eigenvalue weighted by Gasteiger charge is 2.26. The molecule has 1 aromatic heterocycles. The second kappa shape index (κ2) is 5.53. The topological polar surface area (TPSA) is 71.3 Å². The summed E-state index contributed by atoms with van der Waals surface area (Å²) in [4.78, 5) is 23.3. The molecule has 20 heavy (non-hydrogen) atoms. The molecule has 1 aliphatic rings. The third-order valence-corrected chi connectivity index (χ3v) is 3.71. The third-order valence-electron chi connectivity index (χ3n) is 3.71. The van der Waals surface area contributed by atoms with Crippen molar-refractivity contribution >= 4 is 18.0 Å². The first kappa shape index (κ1) is 14.4. The van der Waals surface area contributed by atoms with Crippen molar-refractivity contribution in [2.75, 3.05) is 0 Å². The van der Waals surface area contributed by atoms with Gasteiger partial charge in [0.1, 0.15) is 6.04 Å². The molecule has 1 aliphatic carbocycles. The lowest BCUT2D eigenvalue weighted by Crippen LogP contribution is -2.45. The minimum atomic E-state index is -0.995. The van der Waals surface area contributed by atoms with Crippen LogP contribution in [-0.4, -0.2) is 27.6 Å². The zero-order valence-corrected chi connectivity index (χ0v) is 12.0. The number of amides is 1. The van der Waals surface area contributed by atoms with Gasteiger partial charge in [0.2, 0.25) is 5.91 Å². The number of aryl methyl sites for hydroxylation is 1. The molecule has 0 saturated carbocycles. The molecule has 0 radical (unpaired) electrons. The Hall–Kier alpha value is -2.04. The molecule has 0 spiro atoms. The fourth-order valence-corrected chi connectivity index (χ4v) is 2.47. The summed E-state index contributed by atoms with van der Waals surface area (Å²) in [7, 11) is 1.98. The van der Waals surface area contributed by atoms with Crippen molar-refractivity contribution in [3.8, 4) is 0 Å². The fraction of sp³-hybridized carbons (Fsp3) is 0.467. The predicted octanol–water partition coefficient (Wildman–Crippen LogP) is 1.58. The van der Waals surface area contributed by atoms with Gasteiger partial charge in [0.25, 0.3) is 0 Å². The van der Waals surface area contributed by atoms with E-state index in [9.17, 15) is 9.59 Å². The monoisotopic (exact) mass is 276 g/mol. The molecule has 0 fully saturated rings. The lowest BCUT2D eigenvalue weighted by atomic mass is 9.96. The first-order chi connectivity index (χ1) is 9.40. The van der Waals surface area contributed by atoms with E-state index in [1.807, 2.05) is 25.4 Å². The minimum Gasteiger partial charge on any atom is -0.480 e. The summed E-state index contributed by atoms with van der Waals surface area (Å²) in [5, 5.41) is 11.7. The third kappa shape index (κ3) is 2.76. The second-order valence-electron chi connectivity index (χ2n) is 5.53. The Kier molecular flexibility index (Phi) is 3.97. The van der Waals surface area contributed by atoms with E-state index in [4.69, 9.17) is 5.11 Å². The molecular weight excluding hydrogens is 256 g/mol. The Morgan fingerprint density at radius 2 is 2.05 bits per heavy atom. The van der Waals surface area contributed by atoms with Crippen LogP contribution in [0, 0.1) is 5.92 Å². The smallest absolute Gasteiger partial charge is 0.326 e. The quantitative estimate of drug-likeness (QED) is 0.877. The maximum atomic E-state index is 12.2. The van der Waals surface area contributed by atoms with E-state index in [0.717, 1.165) is 12.0 Å². The first-order valence-electron chi connectivity index (χ1n) is 6.78. The number of rotatable bonds is 4. The van der Waals surface area contributed by atoms with E-state index in [1.165, 1.54) is 5.69 Å². The Labute approximate surface area is 118 Å². The molecule has 1 heterocycles. The number of carbonyl (C=O) groups is 2. The normalized spacial score (nSPS) is 15.5. The van der Waals surface area contributed by atoms with Gasteiger partial charge in [0, 0.05) is 24.5 Å². The molecule has 1 atom stereocenters. The molecule has 2 rings (SSSR count). The highest BCUT2D eigenvalue weighted by Crippen LogP contribution is 2.24. The van der Waals surface area contributed by atoms with Crippen LogP contribution in [0.15, 0.2) is 17.8 Å². The van der Waals surface area contributed by atoms with E-state index in [0.29, 0.717) is 12.0 Å². The van der Waals surface area contributed by atoms with E-state index in [2.05, 4.69) is 9.88 Å². The molecule has 0 aliphatic heterocycles. The highest BCUT2D eigenvalue weighted by molar-refractivity contribution is 6.00. The van der Waals surface area contributed by atoms with Crippen molar-refractivity contribution in [1.29, 1.82) is 0 Å². The maximum absolute atomic E-state index is 12.2. The summed E-state index contributed by atoms with van der Waals surface area (Å²) in [6.45, 7) is 3.56. The largest absolute Gasteiger partial charge is 0.480 e. The molecule has 0 unspecified atom stereocenters. The van der Waals surface area contributed by atoms with E-state index in [1.54, 1.807) is 13.8 Å². The number of hydrogen-bond acceptors (Lipinski definition) is 2. The van der Waals surface area contributed by atoms with Crippen molar-refractivity contribution in [3.63, 3.8) is 0 Å². The van der Waals surface area contributed by atoms with Crippen LogP contribution in [0.5, 0.6) is 0 Å². The summed E-state index contributed by atoms with van der Waals surface area (Å²) in [6, 6.07) is 1.12. The zero-order valence-electron chi connectivity index (χ0n) is 12.0. The van der Waals surface area contributed by atoms with E-state index >= 15 is 0 Å². The average molecular weight is 276 g/mol. The summed E-state index contributed by atoms with van der Waals surface area (Å²) in [6.07, 6.45) is 5.27. The molecule has 2 N–H and O–H groups in total. The number of carboxylic acids is 1. The van der Waals surface area contributed by atoms with Gasteiger partial charge >= 0.3 is 5.97 Å². The molecule has 5 heteroatoms. The van der Waals surface area contributed by atoms with Crippen molar-refractivity contribution < 1.29 is 14.7 Å². The summed E-state index contributed by atoms with van der Waals surface area (Å²) in [5.41, 5.74) is 2.90. The Bertz CT molecular complexity index is 570. The number of hydrogen-bond donors (Lipinski definition) is 2. The van der Waals surface area contributed by atoms with Gasteiger partial charge in [-0.1, -0.05) is 13.8 Å². The van der Waals surface area contributed by atoms with Gasteiger partial charge in [-0.05, 0) is 36.5 Å². The van der Waals surface area contributed by atoms with Crippen LogP contribution in [0.1, 0.15) is 31.5 Å². The molecule has 0 saturated heterocycles. The van der Waals surface area contributed by atoms with Crippen LogP contribution in [-0.2, 0) is 23.1 Å². The molecule has 1 amide bonds. The number of carboxylic acid groups (broad SMARTS) is 1. The van der Waals surface area contributed by atoms with Crippen molar-refractivity contribution in [2.45, 2.75) is 32.7 Å². The number of nitrogens with zero attached hydrogens (tertiary/aromatic N) is 1. The fourth-order valence-electron chi connectivity index (χ4n) is 2.47. The van der Waals surface area contributed by atoms with Crippen molar-refractivity contribution in [3.05, 3.63) is 29.1 Å². The molecular formula is C15H20N2O3. The zero-order chi connectivity index (χ0) is 14.9. The Balaban J connectivity index is 2.15. The lowest BCUT2D eigenvalue weighted by Gasteiger charge is -2.20. The van der Waals surface area contributed by atoms with E-state index in [-0.39, 0.29) is 11.8 Å². The standard InChI is InChI=1S/C15H20N2O3/c1-9(2)13(15(19)20)16-14(18)11-4-5-12-10(8-11)6-7-17(12)3/h6-9,13H,4-5H2,1-3H3,(H,16,18)(H,19,20)/t13-/m0/s1. The van der Waals surface area contributed by atoms with Gasteiger partial charge in [-0.2, -0.15) is 0 Å². The van der Waals surface area contributed by atoms with Gasteiger partial charge in [0.05, 0.1) is 0 Å². The highest BCUT2D eigenvalue weighted by atomic mass is 16.4. The molecule has 108 valence electrons. The van der Waals surface area contributed by atoms with Gasteiger partial charge < -0.3 is 15.0 Å². The summed E-state index contributed by atoms with van der Waals surface area (Å²) >= 11 is 0. The van der Waals surface area contributed by atoms with Crippen molar-refractivity contribution in [2.24, 2.45) is 13.0 Å². The number of nitrogens with one attached hydrogen (secondary N) is 1.